The zero-order valence-corrected chi connectivity index (χ0v) is 12.2. The van der Waals surface area contributed by atoms with Crippen molar-refractivity contribution in [2.45, 2.75) is 40.0 Å². The lowest BCUT2D eigenvalue weighted by Gasteiger charge is -2.09. The summed E-state index contributed by atoms with van der Waals surface area (Å²) in [6.07, 6.45) is 2.70. The fourth-order valence-electron chi connectivity index (χ4n) is 1.97. The average molecular weight is 274 g/mol. The van der Waals surface area contributed by atoms with Gasteiger partial charge in [0.05, 0.1) is 0 Å². The number of rotatable bonds is 8. The highest BCUT2D eigenvalue weighted by molar-refractivity contribution is 5.28. The molecule has 1 N–H and O–H groups in total. The van der Waals surface area contributed by atoms with Crippen molar-refractivity contribution in [2.24, 2.45) is 0 Å². The summed E-state index contributed by atoms with van der Waals surface area (Å²) in [5.74, 6) is 1.72. The summed E-state index contributed by atoms with van der Waals surface area (Å²) in [6.45, 7) is 7.36. The van der Waals surface area contributed by atoms with E-state index in [0.29, 0.717) is 6.61 Å². The van der Waals surface area contributed by atoms with Gasteiger partial charge in [0.2, 0.25) is 0 Å². The van der Waals surface area contributed by atoms with Crippen molar-refractivity contribution in [3.63, 3.8) is 0 Å². The Morgan fingerprint density at radius 2 is 2.20 bits per heavy atom. The monoisotopic (exact) mass is 274 g/mol. The standard InChI is InChI=1S/C15H22N4O/c1-3-8-16-10-13-6-5-7-14(9-13)20-11-15-17-12-18-19(15)4-2/h5-7,9,12,16H,3-4,8,10-11H2,1-2H3. The minimum atomic E-state index is 0.444. The molecule has 0 atom stereocenters. The van der Waals surface area contributed by atoms with Crippen LogP contribution in [0.15, 0.2) is 30.6 Å². The predicted molar refractivity (Wildman–Crippen MR) is 78.5 cm³/mol. The van der Waals surface area contributed by atoms with Crippen LogP contribution in [0, 0.1) is 0 Å². The highest BCUT2D eigenvalue weighted by atomic mass is 16.5. The van der Waals surface area contributed by atoms with Gasteiger partial charge < -0.3 is 10.1 Å². The topological polar surface area (TPSA) is 52.0 Å². The number of ether oxygens (including phenoxy) is 1. The summed E-state index contributed by atoms with van der Waals surface area (Å²) in [4.78, 5) is 4.20. The van der Waals surface area contributed by atoms with Gasteiger partial charge in [-0.2, -0.15) is 5.10 Å². The minimum absolute atomic E-state index is 0.444. The first kappa shape index (κ1) is 14.5. The number of aromatic nitrogens is 3. The highest BCUT2D eigenvalue weighted by Crippen LogP contribution is 2.14. The minimum Gasteiger partial charge on any atom is -0.486 e. The molecule has 20 heavy (non-hydrogen) atoms. The number of nitrogens with zero attached hydrogens (tertiary/aromatic N) is 3. The summed E-state index contributed by atoms with van der Waals surface area (Å²) < 4.78 is 7.63. The van der Waals surface area contributed by atoms with Crippen molar-refractivity contribution in [1.82, 2.24) is 20.1 Å². The van der Waals surface area contributed by atoms with E-state index in [1.165, 1.54) is 5.56 Å². The molecular formula is C15H22N4O. The molecule has 5 nitrogen and oxygen atoms in total. The molecule has 0 unspecified atom stereocenters. The van der Waals surface area contributed by atoms with E-state index in [1.54, 1.807) is 6.33 Å². The molecule has 1 aromatic heterocycles. The molecular weight excluding hydrogens is 252 g/mol. The van der Waals surface area contributed by atoms with Crippen LogP contribution in [-0.4, -0.2) is 21.3 Å². The van der Waals surface area contributed by atoms with Crippen molar-refractivity contribution < 1.29 is 4.74 Å². The van der Waals surface area contributed by atoms with Crippen LogP contribution < -0.4 is 10.1 Å². The number of nitrogens with one attached hydrogen (secondary N) is 1. The van der Waals surface area contributed by atoms with Crippen molar-refractivity contribution in [2.75, 3.05) is 6.54 Å². The molecule has 0 saturated carbocycles. The molecule has 0 aliphatic rings. The quantitative estimate of drug-likeness (QED) is 0.751. The van der Waals surface area contributed by atoms with Crippen molar-refractivity contribution in [1.29, 1.82) is 0 Å². The fraction of sp³-hybridized carbons (Fsp3) is 0.467. The van der Waals surface area contributed by atoms with E-state index in [4.69, 9.17) is 4.74 Å². The number of aryl methyl sites for hydroxylation is 1. The molecule has 108 valence electrons. The summed E-state index contributed by atoms with van der Waals surface area (Å²) in [5, 5.41) is 7.51. The van der Waals surface area contributed by atoms with Crippen molar-refractivity contribution in [3.05, 3.63) is 42.0 Å². The molecule has 0 bridgehead atoms. The highest BCUT2D eigenvalue weighted by Gasteiger charge is 2.04. The Hall–Kier alpha value is -1.88. The molecule has 0 amide bonds. The zero-order chi connectivity index (χ0) is 14.2. The van der Waals surface area contributed by atoms with Crippen LogP contribution in [0.3, 0.4) is 0 Å². The van der Waals surface area contributed by atoms with Gasteiger partial charge in [0, 0.05) is 13.1 Å². The zero-order valence-electron chi connectivity index (χ0n) is 12.2. The Kier molecular flexibility index (Phi) is 5.55. The Balaban J connectivity index is 1.91. The molecule has 0 saturated heterocycles. The Bertz CT molecular complexity index is 524. The van der Waals surface area contributed by atoms with Gasteiger partial charge in [0.25, 0.3) is 0 Å². The largest absolute Gasteiger partial charge is 0.486 e. The van der Waals surface area contributed by atoms with Gasteiger partial charge in [0.1, 0.15) is 18.7 Å². The summed E-state index contributed by atoms with van der Waals surface area (Å²) in [6, 6.07) is 8.15. The summed E-state index contributed by atoms with van der Waals surface area (Å²) >= 11 is 0. The van der Waals surface area contributed by atoms with Gasteiger partial charge in [0.15, 0.2) is 5.82 Å². The fourth-order valence-corrected chi connectivity index (χ4v) is 1.97. The third kappa shape index (κ3) is 4.06. The number of benzene rings is 1. The third-order valence-electron chi connectivity index (χ3n) is 3.02. The lowest BCUT2D eigenvalue weighted by molar-refractivity contribution is 0.287. The average Bonchev–Trinajstić information content (AvgIpc) is 2.93. The van der Waals surface area contributed by atoms with E-state index in [9.17, 15) is 0 Å². The molecule has 0 aliphatic heterocycles. The molecule has 2 rings (SSSR count). The van der Waals surface area contributed by atoms with E-state index in [1.807, 2.05) is 23.7 Å². The first-order chi connectivity index (χ1) is 9.83. The first-order valence-electron chi connectivity index (χ1n) is 7.12. The van der Waals surface area contributed by atoms with Gasteiger partial charge >= 0.3 is 0 Å². The lowest BCUT2D eigenvalue weighted by atomic mass is 10.2. The third-order valence-corrected chi connectivity index (χ3v) is 3.02. The van der Waals surface area contributed by atoms with Gasteiger partial charge in [-0.25, -0.2) is 9.67 Å². The maximum atomic E-state index is 5.79. The second kappa shape index (κ2) is 7.65. The van der Waals surface area contributed by atoms with Gasteiger partial charge in [-0.05, 0) is 37.6 Å². The van der Waals surface area contributed by atoms with E-state index in [0.717, 1.165) is 37.6 Å². The van der Waals surface area contributed by atoms with Crippen LogP contribution in [0.2, 0.25) is 0 Å². The van der Waals surface area contributed by atoms with E-state index >= 15 is 0 Å². The number of hydrogen-bond donors (Lipinski definition) is 1. The molecule has 0 aliphatic carbocycles. The molecule has 0 spiro atoms. The van der Waals surface area contributed by atoms with Crippen LogP contribution in [0.1, 0.15) is 31.7 Å². The van der Waals surface area contributed by atoms with E-state index in [2.05, 4.69) is 34.5 Å². The van der Waals surface area contributed by atoms with Crippen LogP contribution in [0.4, 0.5) is 0 Å². The summed E-state index contributed by atoms with van der Waals surface area (Å²) in [7, 11) is 0. The van der Waals surface area contributed by atoms with Crippen LogP contribution >= 0.6 is 0 Å². The molecule has 1 aromatic carbocycles. The Labute approximate surface area is 120 Å². The predicted octanol–water partition coefficient (Wildman–Crippen LogP) is 2.38. The molecule has 5 heteroatoms. The van der Waals surface area contributed by atoms with E-state index in [-0.39, 0.29) is 0 Å². The van der Waals surface area contributed by atoms with E-state index < -0.39 is 0 Å². The first-order valence-corrected chi connectivity index (χ1v) is 7.12. The van der Waals surface area contributed by atoms with Crippen LogP contribution in [0.5, 0.6) is 5.75 Å². The smallest absolute Gasteiger partial charge is 0.164 e. The molecule has 1 heterocycles. The SMILES string of the molecule is CCCNCc1cccc(OCc2ncnn2CC)c1. The van der Waals surface area contributed by atoms with Crippen molar-refractivity contribution >= 4 is 0 Å². The normalized spacial score (nSPS) is 10.7. The van der Waals surface area contributed by atoms with Crippen LogP contribution in [0.25, 0.3) is 0 Å². The second-order valence-corrected chi connectivity index (χ2v) is 4.60. The second-order valence-electron chi connectivity index (χ2n) is 4.60. The van der Waals surface area contributed by atoms with Gasteiger partial charge in [-0.15, -0.1) is 0 Å². The number of hydrogen-bond acceptors (Lipinski definition) is 4. The van der Waals surface area contributed by atoms with Crippen molar-refractivity contribution in [3.8, 4) is 5.75 Å². The van der Waals surface area contributed by atoms with Gasteiger partial charge in [-0.1, -0.05) is 19.1 Å². The maximum absolute atomic E-state index is 5.79. The molecule has 0 radical (unpaired) electrons. The summed E-state index contributed by atoms with van der Waals surface area (Å²) in [5.41, 5.74) is 1.23. The Morgan fingerprint density at radius 1 is 1.30 bits per heavy atom. The van der Waals surface area contributed by atoms with Crippen LogP contribution in [-0.2, 0) is 19.7 Å². The van der Waals surface area contributed by atoms with Gasteiger partial charge in [-0.3, -0.25) is 0 Å². The Morgan fingerprint density at radius 3 is 3.00 bits per heavy atom. The molecule has 2 aromatic rings. The lowest BCUT2D eigenvalue weighted by Crippen LogP contribution is -2.13. The molecule has 0 fully saturated rings. The maximum Gasteiger partial charge on any atom is 0.164 e.